The summed E-state index contributed by atoms with van der Waals surface area (Å²) in [5.74, 6) is 1.44. The van der Waals surface area contributed by atoms with Crippen LogP contribution < -0.4 is 5.73 Å². The lowest BCUT2D eigenvalue weighted by molar-refractivity contribution is -0.0697. The van der Waals surface area contributed by atoms with Gasteiger partial charge in [0.1, 0.15) is 0 Å². The third-order valence-corrected chi connectivity index (χ3v) is 4.97. The van der Waals surface area contributed by atoms with Crippen molar-refractivity contribution in [2.75, 3.05) is 32.9 Å². The van der Waals surface area contributed by atoms with Crippen molar-refractivity contribution in [3.63, 3.8) is 0 Å². The number of rotatable bonds is 5. The van der Waals surface area contributed by atoms with Gasteiger partial charge in [-0.2, -0.15) is 0 Å². The van der Waals surface area contributed by atoms with Crippen molar-refractivity contribution in [2.24, 2.45) is 17.6 Å². The summed E-state index contributed by atoms with van der Waals surface area (Å²) in [5.41, 5.74) is 5.99. The Morgan fingerprint density at radius 1 is 1.37 bits per heavy atom. The highest BCUT2D eigenvalue weighted by Gasteiger charge is 2.37. The minimum Gasteiger partial charge on any atom is -0.395 e. The van der Waals surface area contributed by atoms with E-state index in [1.54, 1.807) is 0 Å². The van der Waals surface area contributed by atoms with E-state index in [1.165, 1.54) is 32.1 Å². The predicted molar refractivity (Wildman–Crippen MR) is 77.0 cm³/mol. The average Bonchev–Trinajstić information content (AvgIpc) is 2.47. The van der Waals surface area contributed by atoms with Crippen LogP contribution in [0, 0.1) is 11.8 Å². The van der Waals surface area contributed by atoms with Crippen molar-refractivity contribution in [1.29, 1.82) is 0 Å². The molecule has 19 heavy (non-hydrogen) atoms. The Hall–Kier alpha value is -0.160. The molecule has 0 spiro atoms. The van der Waals surface area contributed by atoms with Gasteiger partial charge in [0.25, 0.3) is 0 Å². The Balaban J connectivity index is 2.03. The van der Waals surface area contributed by atoms with Crippen LogP contribution in [0.15, 0.2) is 0 Å². The molecule has 0 radical (unpaired) electrons. The Bertz CT molecular complexity index is 263. The molecule has 4 atom stereocenters. The zero-order valence-corrected chi connectivity index (χ0v) is 12.3. The van der Waals surface area contributed by atoms with Crippen LogP contribution in [0.4, 0.5) is 0 Å². The minimum atomic E-state index is 0.174. The molecule has 2 aliphatic rings. The molecule has 0 aromatic carbocycles. The number of ether oxygens (including phenoxy) is 1. The monoisotopic (exact) mass is 270 g/mol. The number of morpholine rings is 1. The van der Waals surface area contributed by atoms with E-state index in [9.17, 15) is 5.11 Å². The maximum Gasteiger partial charge on any atom is 0.0644 e. The van der Waals surface area contributed by atoms with Crippen LogP contribution >= 0.6 is 0 Å². The predicted octanol–water partition coefficient (Wildman–Crippen LogP) is 1.22. The normalized spacial score (nSPS) is 37.4. The highest BCUT2D eigenvalue weighted by molar-refractivity contribution is 4.91. The molecule has 4 nitrogen and oxygen atoms in total. The second-order valence-corrected chi connectivity index (χ2v) is 6.18. The SMILES string of the molecule is CCCC1CCC(CN)C(N2CCOCC2CO)C1. The van der Waals surface area contributed by atoms with Crippen LogP contribution in [0.2, 0.25) is 0 Å². The second kappa shape index (κ2) is 7.58. The average molecular weight is 270 g/mol. The van der Waals surface area contributed by atoms with Crippen LogP contribution in [-0.4, -0.2) is 55.0 Å². The van der Waals surface area contributed by atoms with E-state index in [-0.39, 0.29) is 12.6 Å². The summed E-state index contributed by atoms with van der Waals surface area (Å²) in [6, 6.07) is 0.726. The van der Waals surface area contributed by atoms with Gasteiger partial charge in [0.05, 0.1) is 25.9 Å². The van der Waals surface area contributed by atoms with Gasteiger partial charge in [-0.1, -0.05) is 26.2 Å². The van der Waals surface area contributed by atoms with Crippen LogP contribution in [0.5, 0.6) is 0 Å². The van der Waals surface area contributed by atoms with E-state index in [2.05, 4.69) is 11.8 Å². The molecular formula is C15H30N2O2. The Morgan fingerprint density at radius 3 is 2.89 bits per heavy atom. The third kappa shape index (κ3) is 3.69. The highest BCUT2D eigenvalue weighted by atomic mass is 16.5. The van der Waals surface area contributed by atoms with Gasteiger partial charge in [-0.3, -0.25) is 4.90 Å². The third-order valence-electron chi connectivity index (χ3n) is 4.97. The number of aliphatic hydroxyl groups is 1. The van der Waals surface area contributed by atoms with Crippen LogP contribution in [0.1, 0.15) is 39.0 Å². The Labute approximate surface area is 117 Å². The molecule has 0 amide bonds. The fourth-order valence-electron chi connectivity index (χ4n) is 3.91. The summed E-state index contributed by atoms with van der Waals surface area (Å²) in [7, 11) is 0. The first-order chi connectivity index (χ1) is 9.30. The molecular weight excluding hydrogens is 240 g/mol. The standard InChI is InChI=1S/C15H30N2O2/c1-2-3-12-4-5-13(9-16)15(8-12)17-6-7-19-11-14(17)10-18/h12-15,18H,2-11,16H2,1H3. The van der Waals surface area contributed by atoms with Crippen molar-refractivity contribution >= 4 is 0 Å². The molecule has 112 valence electrons. The lowest BCUT2D eigenvalue weighted by Gasteiger charge is -2.47. The zero-order valence-electron chi connectivity index (χ0n) is 12.3. The van der Waals surface area contributed by atoms with Gasteiger partial charge in [0.15, 0.2) is 0 Å². The maximum atomic E-state index is 9.57. The molecule has 1 aliphatic carbocycles. The summed E-state index contributed by atoms with van der Waals surface area (Å²) in [6.45, 7) is 5.66. The first-order valence-electron chi connectivity index (χ1n) is 7.94. The second-order valence-electron chi connectivity index (χ2n) is 6.18. The smallest absolute Gasteiger partial charge is 0.0644 e. The molecule has 2 fully saturated rings. The first-order valence-corrected chi connectivity index (χ1v) is 7.94. The van der Waals surface area contributed by atoms with Crippen LogP contribution in [-0.2, 0) is 4.74 Å². The number of hydrogen-bond donors (Lipinski definition) is 2. The van der Waals surface area contributed by atoms with Gasteiger partial charge in [0.2, 0.25) is 0 Å². The highest BCUT2D eigenvalue weighted by Crippen LogP contribution is 2.35. The summed E-state index contributed by atoms with van der Waals surface area (Å²) in [6.07, 6.45) is 6.45. The van der Waals surface area contributed by atoms with E-state index in [4.69, 9.17) is 10.5 Å². The summed E-state index contributed by atoms with van der Waals surface area (Å²) in [5, 5.41) is 9.57. The summed E-state index contributed by atoms with van der Waals surface area (Å²) in [4.78, 5) is 2.49. The van der Waals surface area contributed by atoms with Gasteiger partial charge in [0, 0.05) is 12.6 Å². The van der Waals surface area contributed by atoms with E-state index < -0.39 is 0 Å². The van der Waals surface area contributed by atoms with Gasteiger partial charge >= 0.3 is 0 Å². The van der Waals surface area contributed by atoms with E-state index in [0.717, 1.165) is 25.6 Å². The molecule has 0 aromatic heterocycles. The van der Waals surface area contributed by atoms with Crippen molar-refractivity contribution in [3.8, 4) is 0 Å². The number of hydrogen-bond acceptors (Lipinski definition) is 4. The first kappa shape index (κ1) is 15.2. The molecule has 4 unspecified atom stereocenters. The fourth-order valence-corrected chi connectivity index (χ4v) is 3.91. The molecule has 0 bridgehead atoms. The van der Waals surface area contributed by atoms with Crippen molar-refractivity contribution in [1.82, 2.24) is 4.90 Å². The fraction of sp³-hybridized carbons (Fsp3) is 1.00. The molecule has 1 heterocycles. The van der Waals surface area contributed by atoms with Gasteiger partial charge < -0.3 is 15.6 Å². The molecule has 2 rings (SSSR count). The van der Waals surface area contributed by atoms with E-state index in [1.807, 2.05) is 0 Å². The number of nitrogens with zero attached hydrogens (tertiary/aromatic N) is 1. The van der Waals surface area contributed by atoms with Crippen LogP contribution in [0.3, 0.4) is 0 Å². The molecule has 1 aliphatic heterocycles. The molecule has 3 N–H and O–H groups in total. The molecule has 1 saturated heterocycles. The minimum absolute atomic E-state index is 0.174. The van der Waals surface area contributed by atoms with E-state index >= 15 is 0 Å². The molecule has 0 aromatic rings. The Kier molecular flexibility index (Phi) is 6.07. The van der Waals surface area contributed by atoms with Crippen molar-refractivity contribution in [2.45, 2.75) is 51.1 Å². The quantitative estimate of drug-likeness (QED) is 0.789. The molecule has 1 saturated carbocycles. The largest absolute Gasteiger partial charge is 0.395 e. The van der Waals surface area contributed by atoms with Gasteiger partial charge in [-0.05, 0) is 31.2 Å². The molecule has 4 heteroatoms. The number of aliphatic hydroxyl groups excluding tert-OH is 1. The lowest BCUT2D eigenvalue weighted by Crippen LogP contribution is -2.57. The van der Waals surface area contributed by atoms with Gasteiger partial charge in [-0.15, -0.1) is 0 Å². The lowest BCUT2D eigenvalue weighted by atomic mass is 9.75. The van der Waals surface area contributed by atoms with Crippen molar-refractivity contribution < 1.29 is 9.84 Å². The van der Waals surface area contributed by atoms with Crippen molar-refractivity contribution in [3.05, 3.63) is 0 Å². The maximum absolute atomic E-state index is 9.57. The van der Waals surface area contributed by atoms with Gasteiger partial charge in [-0.25, -0.2) is 0 Å². The summed E-state index contributed by atoms with van der Waals surface area (Å²) < 4.78 is 5.50. The van der Waals surface area contributed by atoms with Crippen LogP contribution in [0.25, 0.3) is 0 Å². The Morgan fingerprint density at radius 2 is 2.21 bits per heavy atom. The summed E-state index contributed by atoms with van der Waals surface area (Å²) >= 11 is 0. The number of nitrogens with two attached hydrogens (primary N) is 1. The zero-order chi connectivity index (χ0) is 13.7. The van der Waals surface area contributed by atoms with E-state index in [0.29, 0.717) is 18.6 Å². The topological polar surface area (TPSA) is 58.7 Å².